The third-order valence-electron chi connectivity index (χ3n) is 6.14. The summed E-state index contributed by atoms with van der Waals surface area (Å²) in [6.45, 7) is 3.84. The smallest absolute Gasteiger partial charge is 0.245 e. The third kappa shape index (κ3) is 8.10. The second-order valence-corrected chi connectivity index (χ2v) is 8.79. The summed E-state index contributed by atoms with van der Waals surface area (Å²) in [5, 5.41) is 9.08. The van der Waals surface area contributed by atoms with Gasteiger partial charge in [-0.05, 0) is 55.5 Å². The number of amides is 3. The van der Waals surface area contributed by atoms with E-state index in [0.29, 0.717) is 32.4 Å². The number of methoxy groups -OCH3 is 1. The summed E-state index contributed by atoms with van der Waals surface area (Å²) >= 11 is 0. The van der Waals surface area contributed by atoms with Crippen LogP contribution in [0, 0.1) is 0 Å². The molecule has 2 aromatic carbocycles. The Morgan fingerprint density at radius 3 is 2.60 bits per heavy atom. The Bertz CT molecular complexity index is 982. The van der Waals surface area contributed by atoms with Crippen molar-refractivity contribution in [2.45, 2.75) is 51.2 Å². The molecule has 0 radical (unpaired) electrons. The van der Waals surface area contributed by atoms with Gasteiger partial charge in [0.2, 0.25) is 17.7 Å². The molecule has 0 aliphatic carbocycles. The number of carbonyl (C=O) groups is 3. The van der Waals surface area contributed by atoms with Crippen molar-refractivity contribution in [1.82, 2.24) is 20.9 Å². The Morgan fingerprint density at radius 2 is 1.86 bits per heavy atom. The van der Waals surface area contributed by atoms with Crippen LogP contribution in [0.5, 0.6) is 5.75 Å². The molecule has 188 valence electrons. The number of likely N-dealkylation sites (tertiary alicyclic amines) is 1. The number of nitrogens with zero attached hydrogens (tertiary/aromatic N) is 1. The van der Waals surface area contributed by atoms with Gasteiger partial charge in [0.05, 0.1) is 7.11 Å². The molecule has 0 bridgehead atoms. The zero-order chi connectivity index (χ0) is 25.0. The van der Waals surface area contributed by atoms with Crippen LogP contribution in [0.1, 0.15) is 37.3 Å². The zero-order valence-corrected chi connectivity index (χ0v) is 20.6. The molecule has 2 aromatic rings. The molecule has 35 heavy (non-hydrogen) atoms. The molecular weight excluding hydrogens is 444 g/mol. The molecule has 1 saturated heterocycles. The Labute approximate surface area is 207 Å². The summed E-state index contributed by atoms with van der Waals surface area (Å²) < 4.78 is 5.25. The van der Waals surface area contributed by atoms with Crippen LogP contribution in [0.2, 0.25) is 0 Å². The normalized spacial score (nSPS) is 16.1. The van der Waals surface area contributed by atoms with Gasteiger partial charge >= 0.3 is 0 Å². The Kier molecular flexibility index (Phi) is 10.1. The molecule has 3 amide bonds. The first-order valence-corrected chi connectivity index (χ1v) is 12.2. The van der Waals surface area contributed by atoms with Crippen molar-refractivity contribution in [3.05, 3.63) is 65.7 Å². The first-order chi connectivity index (χ1) is 17.0. The highest BCUT2D eigenvalue weighted by atomic mass is 16.5. The van der Waals surface area contributed by atoms with Gasteiger partial charge in [-0.1, -0.05) is 42.5 Å². The minimum absolute atomic E-state index is 0.148. The predicted octanol–water partition coefficient (Wildman–Crippen LogP) is 2.03. The lowest BCUT2D eigenvalue weighted by Crippen LogP contribution is -2.50. The van der Waals surface area contributed by atoms with Gasteiger partial charge in [-0.2, -0.15) is 0 Å². The Balaban J connectivity index is 1.49. The summed E-state index contributed by atoms with van der Waals surface area (Å²) in [5.41, 5.74) is 2.26. The van der Waals surface area contributed by atoms with Crippen molar-refractivity contribution in [2.75, 3.05) is 26.7 Å². The number of benzene rings is 2. The average molecular weight is 481 g/mol. The van der Waals surface area contributed by atoms with Gasteiger partial charge in [0.25, 0.3) is 0 Å². The fraction of sp³-hybridized carbons (Fsp3) is 0.444. The van der Waals surface area contributed by atoms with Crippen LogP contribution in [0.3, 0.4) is 0 Å². The number of ether oxygens (including phenoxy) is 1. The topological polar surface area (TPSA) is 99.8 Å². The maximum Gasteiger partial charge on any atom is 0.245 e. The van der Waals surface area contributed by atoms with E-state index in [-0.39, 0.29) is 17.7 Å². The van der Waals surface area contributed by atoms with Gasteiger partial charge < -0.3 is 25.6 Å². The van der Waals surface area contributed by atoms with Gasteiger partial charge in [0.1, 0.15) is 17.8 Å². The van der Waals surface area contributed by atoms with E-state index < -0.39 is 12.1 Å². The summed E-state index contributed by atoms with van der Waals surface area (Å²) in [6, 6.07) is 16.7. The predicted molar refractivity (Wildman–Crippen MR) is 135 cm³/mol. The van der Waals surface area contributed by atoms with Crippen LogP contribution in [0.25, 0.3) is 0 Å². The van der Waals surface area contributed by atoms with Crippen molar-refractivity contribution < 1.29 is 19.1 Å². The van der Waals surface area contributed by atoms with Gasteiger partial charge in [-0.3, -0.25) is 14.4 Å². The maximum absolute atomic E-state index is 13.1. The number of aryl methyl sites for hydroxylation is 1. The second kappa shape index (κ2) is 13.5. The van der Waals surface area contributed by atoms with Crippen molar-refractivity contribution in [3.63, 3.8) is 0 Å². The molecule has 0 spiro atoms. The van der Waals surface area contributed by atoms with E-state index >= 15 is 0 Å². The Morgan fingerprint density at radius 1 is 1.09 bits per heavy atom. The first kappa shape index (κ1) is 26.2. The molecule has 0 saturated carbocycles. The average Bonchev–Trinajstić information content (AvgIpc) is 3.21. The number of hydrogen-bond donors (Lipinski definition) is 3. The SMILES string of the molecule is COc1cccc(CNCCCNC(=O)C(CCc2ccccc2)N2CCC(NC(C)=O)C2=O)c1. The van der Waals surface area contributed by atoms with E-state index in [2.05, 4.69) is 16.0 Å². The molecule has 2 unspecified atom stereocenters. The lowest BCUT2D eigenvalue weighted by molar-refractivity contribution is -0.139. The van der Waals surface area contributed by atoms with Gasteiger partial charge in [0, 0.05) is 26.6 Å². The van der Waals surface area contributed by atoms with Crippen molar-refractivity contribution >= 4 is 17.7 Å². The lowest BCUT2D eigenvalue weighted by Gasteiger charge is -2.27. The fourth-order valence-electron chi connectivity index (χ4n) is 4.33. The molecule has 3 N–H and O–H groups in total. The highest BCUT2D eigenvalue weighted by Gasteiger charge is 2.38. The van der Waals surface area contributed by atoms with E-state index in [0.717, 1.165) is 36.4 Å². The van der Waals surface area contributed by atoms with E-state index in [9.17, 15) is 14.4 Å². The largest absolute Gasteiger partial charge is 0.497 e. The number of nitrogens with one attached hydrogen (secondary N) is 3. The van der Waals surface area contributed by atoms with Crippen LogP contribution in [-0.4, -0.2) is 61.4 Å². The Hall–Kier alpha value is -3.39. The minimum atomic E-state index is -0.564. The van der Waals surface area contributed by atoms with Crippen LogP contribution in [-0.2, 0) is 27.3 Å². The second-order valence-electron chi connectivity index (χ2n) is 8.79. The quantitative estimate of drug-likeness (QED) is 0.381. The molecule has 1 fully saturated rings. The monoisotopic (exact) mass is 480 g/mol. The highest BCUT2D eigenvalue weighted by Crippen LogP contribution is 2.19. The summed E-state index contributed by atoms with van der Waals surface area (Å²) in [7, 11) is 1.65. The number of hydrogen-bond acceptors (Lipinski definition) is 5. The molecule has 8 nitrogen and oxygen atoms in total. The molecule has 8 heteroatoms. The van der Waals surface area contributed by atoms with E-state index in [1.807, 2.05) is 54.6 Å². The lowest BCUT2D eigenvalue weighted by atomic mass is 10.0. The van der Waals surface area contributed by atoms with Crippen LogP contribution < -0.4 is 20.7 Å². The van der Waals surface area contributed by atoms with E-state index in [1.54, 1.807) is 12.0 Å². The van der Waals surface area contributed by atoms with Crippen LogP contribution >= 0.6 is 0 Å². The number of rotatable bonds is 13. The third-order valence-corrected chi connectivity index (χ3v) is 6.14. The standard InChI is InChI=1S/C27H36N4O4/c1-20(32)30-24-14-17-31(27(24)34)25(13-12-21-8-4-3-5-9-21)26(33)29-16-7-15-28-19-22-10-6-11-23(18-22)35-2/h3-6,8-11,18,24-25,28H,7,12-17,19H2,1-2H3,(H,29,33)(H,30,32). The molecule has 3 rings (SSSR count). The highest BCUT2D eigenvalue weighted by molar-refractivity contribution is 5.93. The van der Waals surface area contributed by atoms with E-state index in [1.165, 1.54) is 6.92 Å². The number of carbonyl (C=O) groups excluding carboxylic acids is 3. The zero-order valence-electron chi connectivity index (χ0n) is 20.6. The van der Waals surface area contributed by atoms with Crippen LogP contribution in [0.15, 0.2) is 54.6 Å². The molecule has 1 aliphatic rings. The van der Waals surface area contributed by atoms with Crippen molar-refractivity contribution in [1.29, 1.82) is 0 Å². The minimum Gasteiger partial charge on any atom is -0.497 e. The van der Waals surface area contributed by atoms with Gasteiger partial charge in [-0.15, -0.1) is 0 Å². The molecule has 1 heterocycles. The van der Waals surface area contributed by atoms with Gasteiger partial charge in [0.15, 0.2) is 0 Å². The fourth-order valence-corrected chi connectivity index (χ4v) is 4.33. The molecule has 1 aliphatic heterocycles. The summed E-state index contributed by atoms with van der Waals surface area (Å²) in [6.07, 6.45) is 2.50. The van der Waals surface area contributed by atoms with E-state index in [4.69, 9.17) is 4.74 Å². The van der Waals surface area contributed by atoms with Crippen LogP contribution in [0.4, 0.5) is 0 Å². The molecular formula is C27H36N4O4. The molecule has 2 atom stereocenters. The summed E-state index contributed by atoms with van der Waals surface area (Å²) in [5.74, 6) is 0.256. The maximum atomic E-state index is 13.1. The summed E-state index contributed by atoms with van der Waals surface area (Å²) in [4.78, 5) is 39.1. The first-order valence-electron chi connectivity index (χ1n) is 12.2. The molecule has 0 aromatic heterocycles. The van der Waals surface area contributed by atoms with Crippen molar-refractivity contribution in [3.8, 4) is 5.75 Å². The van der Waals surface area contributed by atoms with Gasteiger partial charge in [-0.25, -0.2) is 0 Å². The van der Waals surface area contributed by atoms with Crippen molar-refractivity contribution in [2.24, 2.45) is 0 Å².